The lowest BCUT2D eigenvalue weighted by molar-refractivity contribution is -0.120. The summed E-state index contributed by atoms with van der Waals surface area (Å²) in [6.07, 6.45) is 1.20. The van der Waals surface area contributed by atoms with Crippen molar-refractivity contribution in [2.45, 2.75) is 19.8 Å². The zero-order chi connectivity index (χ0) is 15.1. The molecule has 2 rings (SSSR count). The summed E-state index contributed by atoms with van der Waals surface area (Å²) in [4.78, 5) is 12.0. The summed E-state index contributed by atoms with van der Waals surface area (Å²) in [5, 5.41) is 2.96. The van der Waals surface area contributed by atoms with Gasteiger partial charge in [0.05, 0.1) is 13.5 Å². The van der Waals surface area contributed by atoms with Crippen molar-refractivity contribution in [2.75, 3.05) is 13.7 Å². The van der Waals surface area contributed by atoms with Gasteiger partial charge in [-0.3, -0.25) is 4.79 Å². The van der Waals surface area contributed by atoms with Crippen LogP contribution in [0.5, 0.6) is 5.75 Å². The molecule has 3 nitrogen and oxygen atoms in total. The third-order valence-electron chi connectivity index (χ3n) is 3.52. The van der Waals surface area contributed by atoms with Gasteiger partial charge in [-0.1, -0.05) is 42.5 Å². The van der Waals surface area contributed by atoms with Crippen LogP contribution in [0.3, 0.4) is 0 Å². The number of hydrogen-bond donors (Lipinski definition) is 1. The van der Waals surface area contributed by atoms with Crippen LogP contribution in [0.4, 0.5) is 0 Å². The topological polar surface area (TPSA) is 38.3 Å². The molecule has 0 saturated heterocycles. The Morgan fingerprint density at radius 3 is 2.43 bits per heavy atom. The van der Waals surface area contributed by atoms with E-state index in [1.807, 2.05) is 55.5 Å². The quantitative estimate of drug-likeness (QED) is 0.885. The summed E-state index contributed by atoms with van der Waals surface area (Å²) in [5.74, 6) is 0.921. The molecule has 0 atom stereocenters. The lowest BCUT2D eigenvalue weighted by atomic mass is 10.1. The molecule has 1 amide bonds. The lowest BCUT2D eigenvalue weighted by Gasteiger charge is -2.10. The SMILES string of the molecule is COc1ccccc1CCNC(=O)Cc1ccccc1C. The third-order valence-corrected chi connectivity index (χ3v) is 3.52. The van der Waals surface area contributed by atoms with Crippen LogP contribution >= 0.6 is 0 Å². The van der Waals surface area contributed by atoms with E-state index in [4.69, 9.17) is 4.74 Å². The normalized spacial score (nSPS) is 10.2. The standard InChI is InChI=1S/C18H21NO2/c1-14-7-3-4-9-16(14)13-18(20)19-12-11-15-8-5-6-10-17(15)21-2/h3-10H,11-13H2,1-2H3,(H,19,20). The maximum Gasteiger partial charge on any atom is 0.224 e. The first-order valence-electron chi connectivity index (χ1n) is 7.14. The molecule has 0 fully saturated rings. The monoisotopic (exact) mass is 283 g/mol. The van der Waals surface area contributed by atoms with E-state index in [2.05, 4.69) is 5.32 Å². The van der Waals surface area contributed by atoms with Gasteiger partial charge in [0.1, 0.15) is 5.75 Å². The van der Waals surface area contributed by atoms with Gasteiger partial charge in [0, 0.05) is 6.54 Å². The summed E-state index contributed by atoms with van der Waals surface area (Å²) in [6, 6.07) is 15.8. The Hall–Kier alpha value is -2.29. The number of para-hydroxylation sites is 1. The molecule has 0 aromatic heterocycles. The molecule has 0 saturated carbocycles. The number of aryl methyl sites for hydroxylation is 1. The van der Waals surface area contributed by atoms with Crippen LogP contribution in [-0.4, -0.2) is 19.6 Å². The molecule has 0 aliphatic carbocycles. The molecular weight excluding hydrogens is 262 g/mol. The van der Waals surface area contributed by atoms with Crippen molar-refractivity contribution in [1.82, 2.24) is 5.32 Å². The minimum Gasteiger partial charge on any atom is -0.496 e. The molecule has 0 aliphatic rings. The van der Waals surface area contributed by atoms with Crippen LogP contribution in [-0.2, 0) is 17.6 Å². The molecule has 21 heavy (non-hydrogen) atoms. The Kier molecular flexibility index (Phi) is 5.38. The number of rotatable bonds is 6. The minimum atomic E-state index is 0.0548. The molecule has 1 N–H and O–H groups in total. The highest BCUT2D eigenvalue weighted by Gasteiger charge is 2.06. The number of carbonyl (C=O) groups excluding carboxylic acids is 1. The second-order valence-corrected chi connectivity index (χ2v) is 5.02. The smallest absolute Gasteiger partial charge is 0.224 e. The van der Waals surface area contributed by atoms with Crippen LogP contribution in [0.1, 0.15) is 16.7 Å². The Morgan fingerprint density at radius 1 is 1.05 bits per heavy atom. The molecule has 0 unspecified atom stereocenters. The first-order valence-corrected chi connectivity index (χ1v) is 7.14. The highest BCUT2D eigenvalue weighted by Crippen LogP contribution is 2.17. The maximum absolute atomic E-state index is 12.0. The van der Waals surface area contributed by atoms with E-state index in [1.165, 1.54) is 0 Å². The van der Waals surface area contributed by atoms with Gasteiger partial charge in [0.2, 0.25) is 5.91 Å². The van der Waals surface area contributed by atoms with Crippen LogP contribution in [0.15, 0.2) is 48.5 Å². The van der Waals surface area contributed by atoms with Crippen molar-refractivity contribution >= 4 is 5.91 Å². The van der Waals surface area contributed by atoms with Crippen molar-refractivity contribution in [3.05, 3.63) is 65.2 Å². The van der Waals surface area contributed by atoms with Crippen molar-refractivity contribution in [2.24, 2.45) is 0 Å². The molecule has 2 aromatic carbocycles. The van der Waals surface area contributed by atoms with E-state index in [9.17, 15) is 4.79 Å². The van der Waals surface area contributed by atoms with Crippen molar-refractivity contribution in [3.63, 3.8) is 0 Å². The number of benzene rings is 2. The van der Waals surface area contributed by atoms with Gasteiger partial charge < -0.3 is 10.1 Å². The van der Waals surface area contributed by atoms with Crippen LogP contribution < -0.4 is 10.1 Å². The van der Waals surface area contributed by atoms with Crippen molar-refractivity contribution in [1.29, 1.82) is 0 Å². The Bertz CT molecular complexity index is 608. The Labute approximate surface area is 126 Å². The van der Waals surface area contributed by atoms with Gasteiger partial charge in [0.15, 0.2) is 0 Å². The van der Waals surface area contributed by atoms with Gasteiger partial charge >= 0.3 is 0 Å². The summed E-state index contributed by atoms with van der Waals surface area (Å²) >= 11 is 0. The van der Waals surface area contributed by atoms with Crippen molar-refractivity contribution in [3.8, 4) is 5.75 Å². The summed E-state index contributed by atoms with van der Waals surface area (Å²) in [5.41, 5.74) is 3.33. The minimum absolute atomic E-state index is 0.0548. The van der Waals surface area contributed by atoms with Crippen LogP contribution in [0, 0.1) is 6.92 Å². The largest absolute Gasteiger partial charge is 0.496 e. The average molecular weight is 283 g/mol. The van der Waals surface area contributed by atoms with E-state index < -0.39 is 0 Å². The first kappa shape index (κ1) is 15.1. The summed E-state index contributed by atoms with van der Waals surface area (Å²) in [7, 11) is 1.66. The van der Waals surface area contributed by atoms with Gasteiger partial charge in [-0.15, -0.1) is 0 Å². The molecule has 2 aromatic rings. The summed E-state index contributed by atoms with van der Waals surface area (Å²) in [6.45, 7) is 2.64. The van der Waals surface area contributed by atoms with Gasteiger partial charge in [-0.25, -0.2) is 0 Å². The molecule has 110 valence electrons. The second kappa shape index (κ2) is 7.48. The van der Waals surface area contributed by atoms with E-state index >= 15 is 0 Å². The number of nitrogens with one attached hydrogen (secondary N) is 1. The van der Waals surface area contributed by atoms with Crippen LogP contribution in [0.25, 0.3) is 0 Å². The van der Waals surface area contributed by atoms with E-state index in [0.717, 1.165) is 28.9 Å². The van der Waals surface area contributed by atoms with Crippen LogP contribution in [0.2, 0.25) is 0 Å². The molecule has 0 spiro atoms. The molecule has 0 radical (unpaired) electrons. The van der Waals surface area contributed by atoms with Gasteiger partial charge in [-0.05, 0) is 36.1 Å². The Morgan fingerprint density at radius 2 is 1.71 bits per heavy atom. The highest BCUT2D eigenvalue weighted by molar-refractivity contribution is 5.78. The number of hydrogen-bond acceptors (Lipinski definition) is 2. The highest BCUT2D eigenvalue weighted by atomic mass is 16.5. The molecule has 3 heteroatoms. The first-order chi connectivity index (χ1) is 10.2. The fourth-order valence-corrected chi connectivity index (χ4v) is 2.29. The lowest BCUT2D eigenvalue weighted by Crippen LogP contribution is -2.27. The second-order valence-electron chi connectivity index (χ2n) is 5.02. The average Bonchev–Trinajstić information content (AvgIpc) is 2.50. The zero-order valence-electron chi connectivity index (χ0n) is 12.6. The zero-order valence-corrected chi connectivity index (χ0v) is 12.6. The number of carbonyl (C=O) groups is 1. The summed E-state index contributed by atoms with van der Waals surface area (Å²) < 4.78 is 5.30. The molecular formula is C18H21NO2. The van der Waals surface area contributed by atoms with Crippen molar-refractivity contribution < 1.29 is 9.53 Å². The molecule has 0 heterocycles. The van der Waals surface area contributed by atoms with Gasteiger partial charge in [-0.2, -0.15) is 0 Å². The predicted octanol–water partition coefficient (Wildman–Crippen LogP) is 2.91. The maximum atomic E-state index is 12.0. The molecule has 0 aliphatic heterocycles. The molecule has 0 bridgehead atoms. The number of ether oxygens (including phenoxy) is 1. The van der Waals surface area contributed by atoms with E-state index in [1.54, 1.807) is 7.11 Å². The Balaban J connectivity index is 1.83. The fraction of sp³-hybridized carbons (Fsp3) is 0.278. The number of methoxy groups -OCH3 is 1. The van der Waals surface area contributed by atoms with E-state index in [-0.39, 0.29) is 5.91 Å². The number of amides is 1. The van der Waals surface area contributed by atoms with Gasteiger partial charge in [0.25, 0.3) is 0 Å². The predicted molar refractivity (Wildman–Crippen MR) is 84.6 cm³/mol. The van der Waals surface area contributed by atoms with E-state index in [0.29, 0.717) is 13.0 Å². The third kappa shape index (κ3) is 4.35. The fourth-order valence-electron chi connectivity index (χ4n) is 2.29.